The second-order valence-electron chi connectivity index (χ2n) is 9.18. The second-order valence-corrected chi connectivity index (χ2v) is 9.18. The van der Waals surface area contributed by atoms with E-state index < -0.39 is 7.32 Å². The molecule has 0 radical (unpaired) electrons. The minimum atomic E-state index is -1.83. The Kier molecular flexibility index (Phi) is 6.44. The maximum Gasteiger partial charge on any atom is 0.634 e. The van der Waals surface area contributed by atoms with Crippen LogP contribution in [0.25, 0.3) is 33.0 Å². The van der Waals surface area contributed by atoms with Gasteiger partial charge in [-0.15, -0.1) is 0 Å². The zero-order valence-corrected chi connectivity index (χ0v) is 20.3. The smallest absolute Gasteiger partial charge is 0.402 e. The SMILES string of the molecule is Cc1cc(C)c(-c2cc3ccccc3c(COB(O)O)c2-c2c(C)cc(C)cc2C)c(C)c1. The largest absolute Gasteiger partial charge is 0.634 e. The first-order valence-electron chi connectivity index (χ1n) is 11.4. The molecule has 0 saturated heterocycles. The molecule has 168 valence electrons. The summed E-state index contributed by atoms with van der Waals surface area (Å²) in [6, 6.07) is 19.4. The molecular formula is C29H31BO3. The van der Waals surface area contributed by atoms with Crippen molar-refractivity contribution in [1.82, 2.24) is 0 Å². The summed E-state index contributed by atoms with van der Waals surface area (Å²) in [7, 11) is -1.83. The Bertz CT molecular complexity index is 1310. The molecule has 0 heterocycles. The van der Waals surface area contributed by atoms with Gasteiger partial charge in [0.05, 0.1) is 6.61 Å². The number of rotatable bonds is 5. The molecule has 4 rings (SSSR count). The molecule has 0 saturated carbocycles. The average molecular weight is 438 g/mol. The Balaban J connectivity index is 2.20. The first kappa shape index (κ1) is 23.3. The molecule has 0 aliphatic rings. The lowest BCUT2D eigenvalue weighted by Gasteiger charge is -2.24. The van der Waals surface area contributed by atoms with E-state index in [1.807, 2.05) is 12.1 Å². The van der Waals surface area contributed by atoms with Crippen LogP contribution in [0.15, 0.2) is 54.6 Å². The summed E-state index contributed by atoms with van der Waals surface area (Å²) in [4.78, 5) is 0. The summed E-state index contributed by atoms with van der Waals surface area (Å²) in [5.74, 6) is 0. The molecule has 4 aromatic rings. The molecule has 0 spiro atoms. The van der Waals surface area contributed by atoms with E-state index in [9.17, 15) is 10.0 Å². The average Bonchev–Trinajstić information content (AvgIpc) is 2.71. The van der Waals surface area contributed by atoms with Crippen molar-refractivity contribution in [3.8, 4) is 22.3 Å². The molecule has 3 nitrogen and oxygen atoms in total. The van der Waals surface area contributed by atoms with Gasteiger partial charge in [-0.1, -0.05) is 59.7 Å². The van der Waals surface area contributed by atoms with Crippen molar-refractivity contribution >= 4 is 18.1 Å². The maximum absolute atomic E-state index is 9.53. The Hall–Kier alpha value is -2.92. The number of hydrogen-bond acceptors (Lipinski definition) is 3. The number of fused-ring (bicyclic) bond motifs is 1. The molecule has 4 aromatic carbocycles. The van der Waals surface area contributed by atoms with E-state index in [0.717, 1.165) is 27.5 Å². The second kappa shape index (κ2) is 9.15. The monoisotopic (exact) mass is 438 g/mol. The van der Waals surface area contributed by atoms with Crippen molar-refractivity contribution in [3.63, 3.8) is 0 Å². The van der Waals surface area contributed by atoms with E-state index in [4.69, 9.17) is 4.65 Å². The van der Waals surface area contributed by atoms with Crippen LogP contribution in [0, 0.1) is 41.5 Å². The first-order valence-corrected chi connectivity index (χ1v) is 11.4. The van der Waals surface area contributed by atoms with Crippen molar-refractivity contribution in [3.05, 3.63) is 93.5 Å². The maximum atomic E-state index is 9.53. The van der Waals surface area contributed by atoms with Gasteiger partial charge in [0.25, 0.3) is 0 Å². The van der Waals surface area contributed by atoms with E-state index in [1.54, 1.807) is 0 Å². The lowest BCUT2D eigenvalue weighted by molar-refractivity contribution is 0.178. The van der Waals surface area contributed by atoms with Gasteiger partial charge in [-0.25, -0.2) is 0 Å². The topological polar surface area (TPSA) is 49.7 Å². The van der Waals surface area contributed by atoms with Crippen LogP contribution in [0.5, 0.6) is 0 Å². The normalized spacial score (nSPS) is 11.3. The zero-order valence-electron chi connectivity index (χ0n) is 20.3. The highest BCUT2D eigenvalue weighted by atomic mass is 16.6. The minimum Gasteiger partial charge on any atom is -0.402 e. The van der Waals surface area contributed by atoms with Gasteiger partial charge in [0.2, 0.25) is 0 Å². The molecule has 0 amide bonds. The van der Waals surface area contributed by atoms with Crippen LogP contribution < -0.4 is 0 Å². The van der Waals surface area contributed by atoms with Gasteiger partial charge in [-0.2, -0.15) is 0 Å². The number of benzene rings is 4. The lowest BCUT2D eigenvalue weighted by atomic mass is 9.81. The highest BCUT2D eigenvalue weighted by Gasteiger charge is 2.23. The van der Waals surface area contributed by atoms with E-state index in [2.05, 4.69) is 84.0 Å². The summed E-state index contributed by atoms with van der Waals surface area (Å²) >= 11 is 0. The Morgan fingerprint density at radius 1 is 0.667 bits per heavy atom. The van der Waals surface area contributed by atoms with Crippen LogP contribution in [0.2, 0.25) is 0 Å². The molecule has 4 heteroatoms. The van der Waals surface area contributed by atoms with Crippen molar-refractivity contribution < 1.29 is 14.7 Å². The van der Waals surface area contributed by atoms with Gasteiger partial charge in [0, 0.05) is 0 Å². The lowest BCUT2D eigenvalue weighted by Crippen LogP contribution is -2.17. The molecule has 2 N–H and O–H groups in total. The highest BCUT2D eigenvalue weighted by molar-refractivity contribution is 6.32. The summed E-state index contributed by atoms with van der Waals surface area (Å²) in [6.45, 7) is 13.0. The minimum absolute atomic E-state index is 0.0953. The summed E-state index contributed by atoms with van der Waals surface area (Å²) < 4.78 is 5.38. The third-order valence-electron chi connectivity index (χ3n) is 6.41. The van der Waals surface area contributed by atoms with Gasteiger partial charge in [0.1, 0.15) is 0 Å². The van der Waals surface area contributed by atoms with Crippen LogP contribution in [0.1, 0.15) is 38.9 Å². The van der Waals surface area contributed by atoms with Crippen molar-refractivity contribution in [2.75, 3.05) is 0 Å². The summed E-state index contributed by atoms with van der Waals surface area (Å²) in [5.41, 5.74) is 12.9. The third kappa shape index (κ3) is 4.47. The standard InChI is InChI=1S/C29H31BO3/c1-17-11-19(3)27(20(4)12-17)25-15-23-9-7-8-10-24(23)26(16-33-30(31)32)29(25)28-21(5)13-18(2)14-22(28)6/h7-15,31-32H,16H2,1-6H3. The van der Waals surface area contributed by atoms with Gasteiger partial charge in [-0.3, -0.25) is 0 Å². The first-order chi connectivity index (χ1) is 15.7. The molecule has 0 aliphatic carbocycles. The molecule has 0 fully saturated rings. The Morgan fingerprint density at radius 2 is 1.18 bits per heavy atom. The van der Waals surface area contributed by atoms with Crippen LogP contribution >= 0.6 is 0 Å². The van der Waals surface area contributed by atoms with Crippen LogP contribution in [0.4, 0.5) is 0 Å². The number of aryl methyl sites for hydroxylation is 6. The van der Waals surface area contributed by atoms with E-state index in [0.29, 0.717) is 0 Å². The molecule has 33 heavy (non-hydrogen) atoms. The Morgan fingerprint density at radius 3 is 1.73 bits per heavy atom. The molecule has 0 aliphatic heterocycles. The van der Waals surface area contributed by atoms with E-state index in [1.165, 1.54) is 44.5 Å². The molecule has 0 bridgehead atoms. The predicted molar refractivity (Wildman–Crippen MR) is 138 cm³/mol. The quantitative estimate of drug-likeness (QED) is 0.349. The van der Waals surface area contributed by atoms with Crippen molar-refractivity contribution in [2.24, 2.45) is 0 Å². The highest BCUT2D eigenvalue weighted by Crippen LogP contribution is 2.44. The number of hydrogen-bond donors (Lipinski definition) is 2. The van der Waals surface area contributed by atoms with E-state index >= 15 is 0 Å². The summed E-state index contributed by atoms with van der Waals surface area (Å²) in [6.07, 6.45) is 0. The summed E-state index contributed by atoms with van der Waals surface area (Å²) in [5, 5.41) is 21.2. The van der Waals surface area contributed by atoms with Gasteiger partial charge < -0.3 is 14.7 Å². The molecule has 0 unspecified atom stereocenters. The molecule has 0 aromatic heterocycles. The fourth-order valence-corrected chi connectivity index (χ4v) is 5.39. The molecule has 0 atom stereocenters. The molecular weight excluding hydrogens is 407 g/mol. The van der Waals surface area contributed by atoms with Crippen molar-refractivity contribution in [1.29, 1.82) is 0 Å². The van der Waals surface area contributed by atoms with Gasteiger partial charge >= 0.3 is 7.32 Å². The van der Waals surface area contributed by atoms with Crippen molar-refractivity contribution in [2.45, 2.75) is 48.1 Å². The zero-order chi connectivity index (χ0) is 23.9. The van der Waals surface area contributed by atoms with Crippen LogP contribution in [-0.2, 0) is 11.3 Å². The van der Waals surface area contributed by atoms with Crippen LogP contribution in [-0.4, -0.2) is 17.4 Å². The Labute approximate surface area is 196 Å². The van der Waals surface area contributed by atoms with Gasteiger partial charge in [0.15, 0.2) is 0 Å². The van der Waals surface area contributed by atoms with E-state index in [-0.39, 0.29) is 6.61 Å². The van der Waals surface area contributed by atoms with Crippen LogP contribution in [0.3, 0.4) is 0 Å². The predicted octanol–water partition coefficient (Wildman–Crippen LogP) is 6.51. The fourth-order valence-electron chi connectivity index (χ4n) is 5.39. The fraction of sp³-hybridized carbons (Fsp3) is 0.241. The third-order valence-corrected chi connectivity index (χ3v) is 6.41. The van der Waals surface area contributed by atoms with Gasteiger partial charge in [-0.05, 0) is 108 Å².